The molecule has 0 spiro atoms. The maximum atomic E-state index is 14.2. The number of hydrogen-bond acceptors (Lipinski definition) is 4. The molecular formula is C24H28FN3O3. The molecule has 0 N–H and O–H groups in total. The van der Waals surface area contributed by atoms with Crippen molar-refractivity contribution < 1.29 is 18.7 Å². The molecule has 31 heavy (non-hydrogen) atoms. The Balaban J connectivity index is 1.48. The molecule has 0 radical (unpaired) electrons. The predicted octanol–water partition coefficient (Wildman–Crippen LogP) is 3.25. The molecular weight excluding hydrogens is 397 g/mol. The van der Waals surface area contributed by atoms with Gasteiger partial charge in [-0.05, 0) is 42.9 Å². The first-order chi connectivity index (χ1) is 15.0. The van der Waals surface area contributed by atoms with E-state index in [4.69, 9.17) is 4.74 Å². The number of carbonyl (C=O) groups excluding carboxylic acids is 2. The maximum Gasteiger partial charge on any atom is 0.256 e. The van der Waals surface area contributed by atoms with E-state index in [0.717, 1.165) is 37.9 Å². The summed E-state index contributed by atoms with van der Waals surface area (Å²) >= 11 is 0. The van der Waals surface area contributed by atoms with Crippen LogP contribution in [0.3, 0.4) is 0 Å². The van der Waals surface area contributed by atoms with E-state index >= 15 is 0 Å². The largest absolute Gasteiger partial charge is 0.493 e. The number of ether oxygens (including phenoxy) is 1. The highest BCUT2D eigenvalue weighted by molar-refractivity contribution is 5.94. The van der Waals surface area contributed by atoms with Crippen LogP contribution in [0, 0.1) is 23.6 Å². The molecule has 2 fully saturated rings. The molecule has 6 nitrogen and oxygen atoms in total. The summed E-state index contributed by atoms with van der Waals surface area (Å²) in [5, 5.41) is 0. The Kier molecular flexibility index (Phi) is 6.49. The van der Waals surface area contributed by atoms with Gasteiger partial charge in [-0.2, -0.15) is 0 Å². The third-order valence-electron chi connectivity index (χ3n) is 6.58. The number of para-hydroxylation sites is 1. The van der Waals surface area contributed by atoms with Crippen LogP contribution in [0.15, 0.2) is 48.8 Å². The van der Waals surface area contributed by atoms with Gasteiger partial charge >= 0.3 is 0 Å². The molecule has 0 unspecified atom stereocenters. The zero-order chi connectivity index (χ0) is 21.8. The van der Waals surface area contributed by atoms with Crippen LogP contribution in [0.25, 0.3) is 0 Å². The molecule has 2 saturated heterocycles. The van der Waals surface area contributed by atoms with Crippen LogP contribution in [0.2, 0.25) is 0 Å². The van der Waals surface area contributed by atoms with Crippen molar-refractivity contribution in [3.8, 4) is 5.75 Å². The number of nitrogens with zero attached hydrogens (tertiary/aromatic N) is 3. The molecule has 0 bridgehead atoms. The molecule has 1 aromatic heterocycles. The Morgan fingerprint density at radius 2 is 1.84 bits per heavy atom. The number of likely N-dealkylation sites (tertiary alicyclic amines) is 2. The molecule has 1 aromatic carbocycles. The topological polar surface area (TPSA) is 62.7 Å². The number of piperidine rings is 1. The third kappa shape index (κ3) is 4.86. The molecule has 7 heteroatoms. The van der Waals surface area contributed by atoms with Gasteiger partial charge in [-0.3, -0.25) is 14.6 Å². The first kappa shape index (κ1) is 21.3. The zero-order valence-electron chi connectivity index (χ0n) is 17.7. The van der Waals surface area contributed by atoms with Gasteiger partial charge in [-0.25, -0.2) is 4.39 Å². The summed E-state index contributed by atoms with van der Waals surface area (Å²) in [5.41, 5.74) is 0.0600. The number of benzene rings is 1. The van der Waals surface area contributed by atoms with Crippen molar-refractivity contribution in [2.45, 2.75) is 19.8 Å². The standard InChI is InChI=1S/C24H28FN3O3/c1-17(29)27-11-8-18(9-12-27)22-15-28(24(30)21-7-10-26-13-23(21)25)14-19(22)16-31-20-5-3-2-4-6-20/h2-7,10,13,18-19,22H,8-9,11-12,14-16H2,1H3/t19-,22-/m0/s1. The molecule has 0 aliphatic carbocycles. The Labute approximate surface area is 182 Å². The summed E-state index contributed by atoms with van der Waals surface area (Å²) in [6.45, 7) is 4.71. The summed E-state index contributed by atoms with van der Waals surface area (Å²) in [6.07, 6.45) is 4.35. The Bertz CT molecular complexity index is 915. The van der Waals surface area contributed by atoms with Gasteiger partial charge in [0.1, 0.15) is 5.75 Å². The van der Waals surface area contributed by atoms with Crippen LogP contribution in [0.1, 0.15) is 30.1 Å². The van der Waals surface area contributed by atoms with Crippen LogP contribution < -0.4 is 4.74 Å². The molecule has 2 aromatic rings. The molecule has 2 atom stereocenters. The van der Waals surface area contributed by atoms with Crippen molar-refractivity contribution in [2.24, 2.45) is 17.8 Å². The number of rotatable bonds is 5. The highest BCUT2D eigenvalue weighted by Gasteiger charge is 2.41. The van der Waals surface area contributed by atoms with E-state index in [0.29, 0.717) is 25.6 Å². The summed E-state index contributed by atoms with van der Waals surface area (Å²) in [6, 6.07) is 11.1. The number of pyridine rings is 1. The quantitative estimate of drug-likeness (QED) is 0.738. The van der Waals surface area contributed by atoms with Crippen LogP contribution >= 0.6 is 0 Å². The van der Waals surface area contributed by atoms with Crippen molar-refractivity contribution in [1.29, 1.82) is 0 Å². The lowest BCUT2D eigenvalue weighted by atomic mass is 9.78. The van der Waals surface area contributed by atoms with Gasteiger partial charge in [0, 0.05) is 45.2 Å². The van der Waals surface area contributed by atoms with E-state index < -0.39 is 5.82 Å². The first-order valence-corrected chi connectivity index (χ1v) is 10.8. The molecule has 0 saturated carbocycles. The number of carbonyl (C=O) groups is 2. The van der Waals surface area contributed by atoms with Gasteiger partial charge in [0.2, 0.25) is 5.91 Å². The maximum absolute atomic E-state index is 14.2. The summed E-state index contributed by atoms with van der Waals surface area (Å²) < 4.78 is 20.2. The molecule has 2 aliphatic heterocycles. The monoisotopic (exact) mass is 425 g/mol. The predicted molar refractivity (Wildman–Crippen MR) is 114 cm³/mol. The lowest BCUT2D eigenvalue weighted by Crippen LogP contribution is -2.40. The normalized spacial score (nSPS) is 21.9. The minimum Gasteiger partial charge on any atom is -0.493 e. The Morgan fingerprint density at radius 1 is 1.10 bits per heavy atom. The lowest BCUT2D eigenvalue weighted by molar-refractivity contribution is -0.130. The fourth-order valence-electron chi connectivity index (χ4n) is 4.85. The minimum absolute atomic E-state index is 0.0600. The minimum atomic E-state index is -0.595. The van der Waals surface area contributed by atoms with Crippen molar-refractivity contribution in [2.75, 3.05) is 32.8 Å². The van der Waals surface area contributed by atoms with Crippen LogP contribution in [0.5, 0.6) is 5.75 Å². The van der Waals surface area contributed by atoms with Crippen molar-refractivity contribution >= 4 is 11.8 Å². The number of hydrogen-bond donors (Lipinski definition) is 0. The molecule has 3 heterocycles. The van der Waals surface area contributed by atoms with Crippen LogP contribution in [-0.4, -0.2) is 59.4 Å². The van der Waals surface area contributed by atoms with E-state index in [9.17, 15) is 14.0 Å². The SMILES string of the molecule is CC(=O)N1CCC([C@@H]2CN(C(=O)c3ccncc3F)C[C@H]2COc2ccccc2)CC1. The van der Waals surface area contributed by atoms with Gasteiger partial charge in [0.05, 0.1) is 18.4 Å². The molecule has 4 rings (SSSR count). The van der Waals surface area contributed by atoms with E-state index in [2.05, 4.69) is 4.98 Å². The first-order valence-electron chi connectivity index (χ1n) is 10.8. The second kappa shape index (κ2) is 9.45. The Morgan fingerprint density at radius 3 is 2.52 bits per heavy atom. The van der Waals surface area contributed by atoms with E-state index in [1.165, 1.54) is 12.3 Å². The summed E-state index contributed by atoms with van der Waals surface area (Å²) in [7, 11) is 0. The van der Waals surface area contributed by atoms with Crippen molar-refractivity contribution in [1.82, 2.24) is 14.8 Å². The molecule has 2 aliphatic rings. The average molecular weight is 426 g/mol. The average Bonchev–Trinajstić information content (AvgIpc) is 3.22. The summed E-state index contributed by atoms with van der Waals surface area (Å²) in [4.78, 5) is 32.1. The van der Waals surface area contributed by atoms with Gasteiger partial charge < -0.3 is 14.5 Å². The van der Waals surface area contributed by atoms with Gasteiger partial charge in [-0.15, -0.1) is 0 Å². The van der Waals surface area contributed by atoms with Gasteiger partial charge in [-0.1, -0.05) is 18.2 Å². The Hall–Kier alpha value is -2.96. The zero-order valence-corrected chi connectivity index (χ0v) is 17.7. The van der Waals surface area contributed by atoms with Crippen molar-refractivity contribution in [3.05, 3.63) is 60.2 Å². The van der Waals surface area contributed by atoms with Gasteiger partial charge in [0.25, 0.3) is 5.91 Å². The van der Waals surface area contributed by atoms with E-state index in [1.54, 1.807) is 11.8 Å². The lowest BCUT2D eigenvalue weighted by Gasteiger charge is -2.36. The highest BCUT2D eigenvalue weighted by Crippen LogP contribution is 2.37. The van der Waals surface area contributed by atoms with Crippen LogP contribution in [0.4, 0.5) is 4.39 Å². The van der Waals surface area contributed by atoms with E-state index in [-0.39, 0.29) is 29.2 Å². The fraction of sp³-hybridized carbons (Fsp3) is 0.458. The van der Waals surface area contributed by atoms with Crippen molar-refractivity contribution in [3.63, 3.8) is 0 Å². The molecule has 164 valence electrons. The van der Waals surface area contributed by atoms with E-state index in [1.807, 2.05) is 35.2 Å². The highest BCUT2D eigenvalue weighted by atomic mass is 19.1. The third-order valence-corrected chi connectivity index (χ3v) is 6.58. The second-order valence-electron chi connectivity index (χ2n) is 8.46. The fourth-order valence-corrected chi connectivity index (χ4v) is 4.85. The van der Waals surface area contributed by atoms with Crippen LogP contribution in [-0.2, 0) is 4.79 Å². The molecule has 2 amide bonds. The second-order valence-corrected chi connectivity index (χ2v) is 8.46. The number of halogens is 1. The smallest absolute Gasteiger partial charge is 0.256 e. The number of amides is 2. The van der Waals surface area contributed by atoms with Gasteiger partial charge in [0.15, 0.2) is 5.82 Å². The summed E-state index contributed by atoms with van der Waals surface area (Å²) in [5.74, 6) is 0.835. The number of aromatic nitrogens is 1.